The van der Waals surface area contributed by atoms with Gasteiger partial charge in [-0.15, -0.1) is 0 Å². The second-order valence-corrected chi connectivity index (χ2v) is 8.06. The number of aliphatic hydroxyl groups is 1. The van der Waals surface area contributed by atoms with Crippen LogP contribution in [0, 0.1) is 5.41 Å². The number of aliphatic carboxylic acids is 1. The van der Waals surface area contributed by atoms with Gasteiger partial charge in [0, 0.05) is 12.8 Å². The van der Waals surface area contributed by atoms with Crippen molar-refractivity contribution in [3.8, 4) is 0 Å². The molecule has 3 rings (SSSR count). The van der Waals surface area contributed by atoms with Crippen LogP contribution in [0.25, 0.3) is 0 Å². The average Bonchev–Trinajstić information content (AvgIpc) is 2.59. The Balaban J connectivity index is 2.05. The molecule has 2 atom stereocenters. The molecule has 0 aromatic carbocycles. The quantitative estimate of drug-likeness (QED) is 0.680. The number of ether oxygens (including phenoxy) is 1. The zero-order chi connectivity index (χ0) is 19.1. The summed E-state index contributed by atoms with van der Waals surface area (Å²) in [6.07, 6.45) is 6.60. The van der Waals surface area contributed by atoms with Gasteiger partial charge in [-0.2, -0.15) is 0 Å². The van der Waals surface area contributed by atoms with Gasteiger partial charge in [0.1, 0.15) is 6.61 Å². The second-order valence-electron chi connectivity index (χ2n) is 7.30. The molecule has 0 bridgehead atoms. The molecule has 0 heterocycles. The lowest BCUT2D eigenvalue weighted by molar-refractivity contribution is -0.185. The summed E-state index contributed by atoms with van der Waals surface area (Å²) in [5.74, 6) is -3.08. The van der Waals surface area contributed by atoms with Crippen molar-refractivity contribution in [1.82, 2.24) is 0 Å². The van der Waals surface area contributed by atoms with Crippen molar-refractivity contribution >= 4 is 35.0 Å². The fraction of sp³-hybridized carbons (Fsp3) is 0.579. The van der Waals surface area contributed by atoms with E-state index in [2.05, 4.69) is 6.92 Å². The number of rotatable bonds is 5. The van der Waals surface area contributed by atoms with E-state index in [4.69, 9.17) is 33.0 Å². The normalized spacial score (nSPS) is 31.5. The summed E-state index contributed by atoms with van der Waals surface area (Å²) in [5.41, 5.74) is 2.43. The Kier molecular flexibility index (Phi) is 5.37. The summed E-state index contributed by atoms with van der Waals surface area (Å²) in [7, 11) is 0. The predicted molar refractivity (Wildman–Crippen MR) is 97.8 cm³/mol. The Hall–Kier alpha value is -1.14. The molecule has 26 heavy (non-hydrogen) atoms. The van der Waals surface area contributed by atoms with Crippen LogP contribution in [-0.4, -0.2) is 34.4 Å². The van der Waals surface area contributed by atoms with Crippen molar-refractivity contribution in [1.29, 1.82) is 0 Å². The summed E-state index contributed by atoms with van der Waals surface area (Å²) in [5, 5.41) is 19.6. The standard InChI is InChI=1S/C19H22Cl2O5/c1-2-5-18-6-3-11-9-19(25,26-10-14(23)24)17(21)16(20)15(11)13(18)8-12(22)4-7-18/h8,25H,2-7,9-10H2,1H3,(H,23,24). The average molecular weight is 401 g/mol. The Morgan fingerprint density at radius 3 is 2.65 bits per heavy atom. The summed E-state index contributed by atoms with van der Waals surface area (Å²) in [6.45, 7) is 1.44. The maximum atomic E-state index is 12.1. The molecule has 0 spiro atoms. The number of ketones is 1. The highest BCUT2D eigenvalue weighted by molar-refractivity contribution is 6.42. The summed E-state index contributed by atoms with van der Waals surface area (Å²) in [4.78, 5) is 22.9. The molecule has 2 unspecified atom stereocenters. The zero-order valence-corrected chi connectivity index (χ0v) is 16.1. The predicted octanol–water partition coefficient (Wildman–Crippen LogP) is 4.04. The van der Waals surface area contributed by atoms with Crippen LogP contribution in [0.2, 0.25) is 0 Å². The first-order valence-electron chi connectivity index (χ1n) is 8.84. The lowest BCUT2D eigenvalue weighted by Crippen LogP contribution is -2.41. The highest BCUT2D eigenvalue weighted by Crippen LogP contribution is 2.58. The van der Waals surface area contributed by atoms with Crippen LogP contribution >= 0.6 is 23.2 Å². The maximum absolute atomic E-state index is 12.1. The number of carbonyl (C=O) groups excluding carboxylic acids is 1. The first kappa shape index (κ1) is 19.6. The van der Waals surface area contributed by atoms with Crippen LogP contribution in [0.1, 0.15) is 51.9 Å². The minimum atomic E-state index is -1.94. The number of halogens is 2. The molecule has 3 aliphatic rings. The largest absolute Gasteiger partial charge is 0.480 e. The third-order valence-corrected chi connectivity index (χ3v) is 6.58. The minimum absolute atomic E-state index is 0.0540. The van der Waals surface area contributed by atoms with Crippen LogP contribution in [0.3, 0.4) is 0 Å². The number of hydrogen-bond donors (Lipinski definition) is 2. The van der Waals surface area contributed by atoms with Crippen molar-refractivity contribution < 1.29 is 24.5 Å². The summed E-state index contributed by atoms with van der Waals surface area (Å²) in [6, 6.07) is 0. The molecule has 5 nitrogen and oxygen atoms in total. The second kappa shape index (κ2) is 7.12. The molecule has 0 radical (unpaired) electrons. The van der Waals surface area contributed by atoms with Gasteiger partial charge >= 0.3 is 5.97 Å². The third-order valence-electron chi connectivity index (χ3n) is 5.63. The van der Waals surface area contributed by atoms with E-state index in [-0.39, 0.29) is 27.7 Å². The number of allylic oxidation sites excluding steroid dienone is 4. The lowest BCUT2D eigenvalue weighted by Gasteiger charge is -2.47. The Morgan fingerprint density at radius 2 is 2.00 bits per heavy atom. The van der Waals surface area contributed by atoms with Crippen molar-refractivity contribution in [2.24, 2.45) is 5.41 Å². The smallest absolute Gasteiger partial charge is 0.329 e. The van der Waals surface area contributed by atoms with E-state index in [1.807, 2.05) is 0 Å². The van der Waals surface area contributed by atoms with Gasteiger partial charge in [-0.3, -0.25) is 4.79 Å². The number of fused-ring (bicyclic) bond motifs is 2. The Labute approximate surface area is 162 Å². The van der Waals surface area contributed by atoms with E-state index >= 15 is 0 Å². The van der Waals surface area contributed by atoms with E-state index in [0.29, 0.717) is 12.8 Å². The van der Waals surface area contributed by atoms with E-state index < -0.39 is 18.4 Å². The molecule has 0 saturated heterocycles. The van der Waals surface area contributed by atoms with E-state index in [1.54, 1.807) is 6.08 Å². The molecular weight excluding hydrogens is 379 g/mol. The first-order valence-corrected chi connectivity index (χ1v) is 9.60. The molecule has 0 saturated carbocycles. The van der Waals surface area contributed by atoms with Crippen LogP contribution in [0.4, 0.5) is 0 Å². The topological polar surface area (TPSA) is 83.8 Å². The first-order chi connectivity index (χ1) is 12.2. The van der Waals surface area contributed by atoms with Crippen molar-refractivity contribution in [2.75, 3.05) is 6.61 Å². The number of carboxylic acids is 1. The summed E-state index contributed by atoms with van der Waals surface area (Å²) < 4.78 is 5.15. The zero-order valence-electron chi connectivity index (χ0n) is 14.6. The van der Waals surface area contributed by atoms with Crippen LogP contribution < -0.4 is 0 Å². The highest BCUT2D eigenvalue weighted by atomic mass is 35.5. The molecule has 7 heteroatoms. The Morgan fingerprint density at radius 1 is 1.31 bits per heavy atom. The van der Waals surface area contributed by atoms with Crippen LogP contribution in [0.5, 0.6) is 0 Å². The molecule has 0 aromatic rings. The molecule has 0 aliphatic heterocycles. The molecular formula is C19H22Cl2O5. The summed E-state index contributed by atoms with van der Waals surface area (Å²) >= 11 is 12.8. The monoisotopic (exact) mass is 400 g/mol. The van der Waals surface area contributed by atoms with Gasteiger partial charge in [-0.05, 0) is 48.3 Å². The van der Waals surface area contributed by atoms with Gasteiger partial charge in [-0.1, -0.05) is 42.1 Å². The highest BCUT2D eigenvalue weighted by Gasteiger charge is 2.48. The van der Waals surface area contributed by atoms with Gasteiger partial charge < -0.3 is 14.9 Å². The fourth-order valence-electron chi connectivity index (χ4n) is 4.44. The molecule has 3 aliphatic carbocycles. The van der Waals surface area contributed by atoms with E-state index in [0.717, 1.165) is 42.4 Å². The molecule has 0 fully saturated rings. The van der Waals surface area contributed by atoms with Gasteiger partial charge in [0.05, 0.1) is 10.1 Å². The van der Waals surface area contributed by atoms with E-state index in [1.165, 1.54) is 0 Å². The number of hydrogen-bond acceptors (Lipinski definition) is 4. The van der Waals surface area contributed by atoms with Crippen LogP contribution in [0.15, 0.2) is 32.9 Å². The van der Waals surface area contributed by atoms with Crippen molar-refractivity contribution in [2.45, 2.75) is 57.7 Å². The van der Waals surface area contributed by atoms with Crippen molar-refractivity contribution in [3.63, 3.8) is 0 Å². The van der Waals surface area contributed by atoms with E-state index in [9.17, 15) is 14.7 Å². The van der Waals surface area contributed by atoms with Gasteiger partial charge in [-0.25, -0.2) is 4.79 Å². The molecule has 0 aromatic heterocycles. The lowest BCUT2D eigenvalue weighted by atomic mass is 9.59. The van der Waals surface area contributed by atoms with Crippen molar-refractivity contribution in [3.05, 3.63) is 32.9 Å². The van der Waals surface area contributed by atoms with Gasteiger partial charge in [0.25, 0.3) is 0 Å². The molecule has 142 valence electrons. The minimum Gasteiger partial charge on any atom is -0.480 e. The van der Waals surface area contributed by atoms with Gasteiger partial charge in [0.15, 0.2) is 5.78 Å². The third kappa shape index (κ3) is 3.26. The van der Waals surface area contributed by atoms with Crippen LogP contribution in [-0.2, 0) is 14.3 Å². The van der Waals surface area contributed by atoms with Gasteiger partial charge in [0.2, 0.25) is 5.79 Å². The SMILES string of the molecule is CCCC12CCC(=O)C=C1C1=C(CC2)CC(O)(OCC(=O)O)C(Cl)=C1Cl. The molecule has 2 N–H and O–H groups in total. The molecule has 0 amide bonds. The maximum Gasteiger partial charge on any atom is 0.329 e. The Bertz CT molecular complexity index is 751. The fourth-order valence-corrected chi connectivity index (χ4v) is 5.04. The number of carbonyl (C=O) groups is 2. The number of carboxylic acid groups (broad SMARTS) is 1.